The number of nitrogens with one attached hydrogen (secondary N) is 1. The van der Waals surface area contributed by atoms with Crippen molar-refractivity contribution in [1.82, 2.24) is 5.32 Å². The van der Waals surface area contributed by atoms with Crippen LogP contribution in [0, 0.1) is 5.92 Å². The van der Waals surface area contributed by atoms with Gasteiger partial charge in [0.05, 0.1) is 0 Å². The first-order chi connectivity index (χ1) is 8.20. The highest BCUT2D eigenvalue weighted by atomic mass is 32.2. The molecule has 0 spiro atoms. The fraction of sp³-hybridized carbons (Fsp3) is 0.571. The first-order valence-electron chi connectivity index (χ1n) is 6.33. The van der Waals surface area contributed by atoms with Crippen molar-refractivity contribution in [2.75, 3.05) is 30.8 Å². The van der Waals surface area contributed by atoms with E-state index in [1.54, 1.807) is 0 Å². The van der Waals surface area contributed by atoms with Crippen molar-refractivity contribution in [3.05, 3.63) is 24.3 Å². The molecular formula is C14H22N2S. The lowest BCUT2D eigenvalue weighted by molar-refractivity contribution is 0.368. The van der Waals surface area contributed by atoms with Gasteiger partial charge >= 0.3 is 0 Å². The zero-order valence-corrected chi connectivity index (χ0v) is 11.8. The summed E-state index contributed by atoms with van der Waals surface area (Å²) >= 11 is 1.81. The van der Waals surface area contributed by atoms with Crippen molar-refractivity contribution < 1.29 is 0 Å². The summed E-state index contributed by atoms with van der Waals surface area (Å²) in [7, 11) is 0. The molecule has 0 saturated carbocycles. The number of piperazine rings is 1. The Morgan fingerprint density at radius 3 is 2.94 bits per heavy atom. The minimum Gasteiger partial charge on any atom is -0.369 e. The summed E-state index contributed by atoms with van der Waals surface area (Å²) in [6.45, 7) is 7.90. The van der Waals surface area contributed by atoms with Gasteiger partial charge in [0.2, 0.25) is 0 Å². The summed E-state index contributed by atoms with van der Waals surface area (Å²) in [5.74, 6) is 0.696. The first kappa shape index (κ1) is 12.8. The van der Waals surface area contributed by atoms with Crippen LogP contribution in [0.3, 0.4) is 0 Å². The van der Waals surface area contributed by atoms with E-state index in [0.29, 0.717) is 12.0 Å². The van der Waals surface area contributed by atoms with E-state index in [0.717, 1.165) is 19.6 Å². The van der Waals surface area contributed by atoms with Gasteiger partial charge in [0.15, 0.2) is 0 Å². The van der Waals surface area contributed by atoms with Gasteiger partial charge in [-0.15, -0.1) is 11.8 Å². The normalized spacial score (nSPS) is 20.9. The molecule has 17 heavy (non-hydrogen) atoms. The number of nitrogens with zero attached hydrogens (tertiary/aromatic N) is 1. The van der Waals surface area contributed by atoms with Gasteiger partial charge in [-0.05, 0) is 30.4 Å². The van der Waals surface area contributed by atoms with Crippen molar-refractivity contribution in [2.24, 2.45) is 5.92 Å². The molecule has 94 valence electrons. The molecular weight excluding hydrogens is 228 g/mol. The largest absolute Gasteiger partial charge is 0.369 e. The summed E-state index contributed by atoms with van der Waals surface area (Å²) in [5, 5.41) is 3.60. The van der Waals surface area contributed by atoms with Crippen molar-refractivity contribution in [2.45, 2.75) is 24.8 Å². The Morgan fingerprint density at radius 1 is 1.41 bits per heavy atom. The topological polar surface area (TPSA) is 15.3 Å². The summed E-state index contributed by atoms with van der Waals surface area (Å²) in [6.07, 6.45) is 2.13. The maximum Gasteiger partial charge on any atom is 0.0378 e. The predicted molar refractivity (Wildman–Crippen MR) is 77.1 cm³/mol. The van der Waals surface area contributed by atoms with E-state index in [2.05, 4.69) is 54.6 Å². The van der Waals surface area contributed by atoms with Gasteiger partial charge in [0.25, 0.3) is 0 Å². The summed E-state index contributed by atoms with van der Waals surface area (Å²) < 4.78 is 0. The summed E-state index contributed by atoms with van der Waals surface area (Å²) in [6, 6.07) is 9.47. The molecule has 0 aliphatic carbocycles. The van der Waals surface area contributed by atoms with E-state index < -0.39 is 0 Å². The molecule has 0 bridgehead atoms. The third-order valence-electron chi connectivity index (χ3n) is 3.43. The maximum atomic E-state index is 3.60. The highest BCUT2D eigenvalue weighted by molar-refractivity contribution is 7.98. The lowest BCUT2D eigenvalue weighted by Crippen LogP contribution is -2.52. The average molecular weight is 250 g/mol. The number of thioether (sulfide) groups is 1. The Bertz CT molecular complexity index is 365. The lowest BCUT2D eigenvalue weighted by Gasteiger charge is -2.37. The van der Waals surface area contributed by atoms with Crippen LogP contribution in [0.1, 0.15) is 13.8 Å². The summed E-state index contributed by atoms with van der Waals surface area (Å²) in [5.41, 5.74) is 1.36. The fourth-order valence-corrected chi connectivity index (χ4v) is 2.72. The highest BCUT2D eigenvalue weighted by Crippen LogP contribution is 2.23. The van der Waals surface area contributed by atoms with E-state index in [4.69, 9.17) is 0 Å². The molecule has 0 radical (unpaired) electrons. The van der Waals surface area contributed by atoms with Crippen LogP contribution in [-0.2, 0) is 0 Å². The van der Waals surface area contributed by atoms with Gasteiger partial charge in [0, 0.05) is 36.3 Å². The predicted octanol–water partition coefficient (Wildman–Crippen LogP) is 2.84. The van der Waals surface area contributed by atoms with Gasteiger partial charge < -0.3 is 10.2 Å². The molecule has 1 fully saturated rings. The minimum absolute atomic E-state index is 0.613. The molecule has 1 aromatic carbocycles. The molecule has 1 N–H and O–H groups in total. The quantitative estimate of drug-likeness (QED) is 0.831. The molecule has 0 aromatic heterocycles. The monoisotopic (exact) mass is 250 g/mol. The van der Waals surface area contributed by atoms with E-state index in [1.807, 2.05) is 11.8 Å². The Hall–Kier alpha value is -0.670. The maximum absolute atomic E-state index is 3.60. The Kier molecular flexibility index (Phi) is 4.35. The number of hydrogen-bond donors (Lipinski definition) is 1. The van der Waals surface area contributed by atoms with E-state index in [-0.39, 0.29) is 0 Å². The van der Waals surface area contributed by atoms with E-state index in [1.165, 1.54) is 10.6 Å². The Labute approximate surface area is 109 Å². The second-order valence-electron chi connectivity index (χ2n) is 4.95. The zero-order valence-electron chi connectivity index (χ0n) is 10.9. The molecule has 1 aliphatic rings. The van der Waals surface area contributed by atoms with Crippen LogP contribution in [0.2, 0.25) is 0 Å². The number of hydrogen-bond acceptors (Lipinski definition) is 3. The van der Waals surface area contributed by atoms with Crippen LogP contribution in [0.4, 0.5) is 5.69 Å². The van der Waals surface area contributed by atoms with Crippen LogP contribution < -0.4 is 10.2 Å². The van der Waals surface area contributed by atoms with Crippen LogP contribution in [0.25, 0.3) is 0 Å². The smallest absolute Gasteiger partial charge is 0.0378 e. The standard InChI is InChI=1S/C14H22N2S/c1-11(2)14-10-16(8-7-15-14)12-5-4-6-13(9-12)17-3/h4-6,9,11,14-15H,7-8,10H2,1-3H3. The number of benzene rings is 1. The van der Waals surface area contributed by atoms with Gasteiger partial charge in [-0.2, -0.15) is 0 Å². The average Bonchev–Trinajstić information content (AvgIpc) is 2.39. The highest BCUT2D eigenvalue weighted by Gasteiger charge is 2.21. The molecule has 2 rings (SSSR count). The van der Waals surface area contributed by atoms with Gasteiger partial charge in [-0.25, -0.2) is 0 Å². The Balaban J connectivity index is 2.10. The Morgan fingerprint density at radius 2 is 2.24 bits per heavy atom. The molecule has 1 heterocycles. The number of rotatable bonds is 3. The molecule has 1 aliphatic heterocycles. The molecule has 0 amide bonds. The fourth-order valence-electron chi connectivity index (χ4n) is 2.27. The third-order valence-corrected chi connectivity index (χ3v) is 4.15. The third kappa shape index (κ3) is 3.17. The van der Waals surface area contributed by atoms with Crippen molar-refractivity contribution >= 4 is 17.4 Å². The molecule has 1 atom stereocenters. The van der Waals surface area contributed by atoms with Gasteiger partial charge in [0.1, 0.15) is 0 Å². The van der Waals surface area contributed by atoms with Crippen LogP contribution in [0.5, 0.6) is 0 Å². The van der Waals surface area contributed by atoms with Crippen molar-refractivity contribution in [3.8, 4) is 0 Å². The SMILES string of the molecule is CSc1cccc(N2CCNC(C(C)C)C2)c1. The molecule has 1 unspecified atom stereocenters. The van der Waals surface area contributed by atoms with Crippen LogP contribution in [0.15, 0.2) is 29.2 Å². The van der Waals surface area contributed by atoms with E-state index >= 15 is 0 Å². The second-order valence-corrected chi connectivity index (χ2v) is 5.83. The molecule has 2 nitrogen and oxygen atoms in total. The van der Waals surface area contributed by atoms with Gasteiger partial charge in [-0.1, -0.05) is 19.9 Å². The van der Waals surface area contributed by atoms with E-state index in [9.17, 15) is 0 Å². The molecule has 1 saturated heterocycles. The zero-order chi connectivity index (χ0) is 12.3. The second kappa shape index (κ2) is 5.78. The number of anilines is 1. The van der Waals surface area contributed by atoms with Crippen LogP contribution >= 0.6 is 11.8 Å². The summed E-state index contributed by atoms with van der Waals surface area (Å²) in [4.78, 5) is 3.85. The minimum atomic E-state index is 0.613. The molecule has 1 aromatic rings. The van der Waals surface area contributed by atoms with Crippen molar-refractivity contribution in [1.29, 1.82) is 0 Å². The molecule has 3 heteroatoms. The first-order valence-corrected chi connectivity index (χ1v) is 7.55. The van der Waals surface area contributed by atoms with Crippen LogP contribution in [-0.4, -0.2) is 31.9 Å². The van der Waals surface area contributed by atoms with Crippen molar-refractivity contribution in [3.63, 3.8) is 0 Å². The lowest BCUT2D eigenvalue weighted by atomic mass is 10.0. The van der Waals surface area contributed by atoms with Gasteiger partial charge in [-0.3, -0.25) is 0 Å².